The average Bonchev–Trinajstić information content (AvgIpc) is 3.13. The predicted molar refractivity (Wildman–Crippen MR) is 127 cm³/mol. The molecule has 3 aromatic rings. The lowest BCUT2D eigenvalue weighted by molar-refractivity contribution is -0.384. The molecule has 3 aromatic carbocycles. The predicted octanol–water partition coefficient (Wildman–Crippen LogP) is 4.03. The van der Waals surface area contributed by atoms with Crippen LogP contribution in [0.5, 0.6) is 11.5 Å². The first kappa shape index (κ1) is 22.5. The Bertz CT molecular complexity index is 1300. The highest BCUT2D eigenvalue weighted by molar-refractivity contribution is 6.46. The highest BCUT2D eigenvalue weighted by atomic mass is 16.6. The van der Waals surface area contributed by atoms with Gasteiger partial charge in [0.25, 0.3) is 17.5 Å². The van der Waals surface area contributed by atoms with Crippen molar-refractivity contribution in [2.75, 3.05) is 31.1 Å². The highest BCUT2D eigenvalue weighted by Gasteiger charge is 2.43. The largest absolute Gasteiger partial charge is 0.497 e. The number of hydrogen-bond donors (Lipinski definition) is 0. The van der Waals surface area contributed by atoms with E-state index in [2.05, 4.69) is 0 Å². The van der Waals surface area contributed by atoms with Gasteiger partial charge in [-0.1, -0.05) is 18.2 Å². The number of ether oxygens (including phenoxy) is 2. The first-order valence-electron chi connectivity index (χ1n) is 10.3. The molecule has 9 nitrogen and oxygen atoms in total. The van der Waals surface area contributed by atoms with E-state index in [1.807, 2.05) is 30.3 Å². The highest BCUT2D eigenvalue weighted by Crippen LogP contribution is 2.41. The van der Waals surface area contributed by atoms with Crippen LogP contribution in [0.1, 0.15) is 5.56 Å². The quantitative estimate of drug-likeness (QED) is 0.299. The van der Waals surface area contributed by atoms with Crippen LogP contribution < -0.4 is 19.3 Å². The van der Waals surface area contributed by atoms with Crippen LogP contribution >= 0.6 is 0 Å². The summed E-state index contributed by atoms with van der Waals surface area (Å²) in [6.07, 6.45) is 0. The van der Waals surface area contributed by atoms with Gasteiger partial charge in [0.05, 0.1) is 30.4 Å². The lowest BCUT2D eigenvalue weighted by Crippen LogP contribution is -2.34. The first-order valence-corrected chi connectivity index (χ1v) is 10.3. The van der Waals surface area contributed by atoms with E-state index in [0.717, 1.165) is 4.90 Å². The summed E-state index contributed by atoms with van der Waals surface area (Å²) in [5.41, 5.74) is 1.44. The van der Waals surface area contributed by atoms with Gasteiger partial charge in [0.15, 0.2) is 0 Å². The van der Waals surface area contributed by atoms with Crippen molar-refractivity contribution < 1.29 is 24.0 Å². The van der Waals surface area contributed by atoms with Crippen LogP contribution in [-0.4, -0.2) is 38.0 Å². The maximum atomic E-state index is 13.8. The van der Waals surface area contributed by atoms with Crippen molar-refractivity contribution in [3.63, 3.8) is 0 Å². The van der Waals surface area contributed by atoms with Gasteiger partial charge in [0, 0.05) is 30.9 Å². The van der Waals surface area contributed by atoms with Crippen LogP contribution in [0.15, 0.2) is 78.5 Å². The van der Waals surface area contributed by atoms with Crippen molar-refractivity contribution in [2.45, 2.75) is 0 Å². The van der Waals surface area contributed by atoms with E-state index in [0.29, 0.717) is 22.7 Å². The number of nitro groups is 1. The van der Waals surface area contributed by atoms with Crippen molar-refractivity contribution in [2.24, 2.45) is 0 Å². The zero-order chi connectivity index (χ0) is 24.4. The fourth-order valence-corrected chi connectivity index (χ4v) is 3.81. The normalized spacial score (nSPS) is 13.3. The number of imide groups is 1. The number of anilines is 2. The molecule has 0 aromatic heterocycles. The summed E-state index contributed by atoms with van der Waals surface area (Å²) in [4.78, 5) is 40.7. The maximum absolute atomic E-state index is 13.8. The molecule has 1 aliphatic rings. The van der Waals surface area contributed by atoms with Gasteiger partial charge >= 0.3 is 0 Å². The summed E-state index contributed by atoms with van der Waals surface area (Å²) in [7, 11) is 4.61. The van der Waals surface area contributed by atoms with Gasteiger partial charge in [0.2, 0.25) is 0 Å². The molecule has 0 saturated heterocycles. The molecule has 0 N–H and O–H groups in total. The molecule has 0 fully saturated rings. The monoisotopic (exact) mass is 459 g/mol. The Morgan fingerprint density at radius 2 is 1.56 bits per heavy atom. The Morgan fingerprint density at radius 1 is 0.882 bits per heavy atom. The SMILES string of the molecule is COc1ccc(OC)c(N2C(=O)C(c3ccc([N+](=O)[O-])cc3)=C(N(C)c3ccccc3)C2=O)c1. The van der Waals surface area contributed by atoms with Gasteiger partial charge in [-0.25, -0.2) is 4.90 Å². The number of amides is 2. The molecule has 0 bridgehead atoms. The summed E-state index contributed by atoms with van der Waals surface area (Å²) >= 11 is 0. The second-order valence-electron chi connectivity index (χ2n) is 7.41. The van der Waals surface area contributed by atoms with Gasteiger partial charge in [-0.2, -0.15) is 0 Å². The van der Waals surface area contributed by atoms with Gasteiger partial charge in [0.1, 0.15) is 17.2 Å². The van der Waals surface area contributed by atoms with Gasteiger partial charge in [-0.05, 0) is 42.0 Å². The fourth-order valence-electron chi connectivity index (χ4n) is 3.81. The number of para-hydroxylation sites is 1. The molecule has 0 saturated carbocycles. The molecule has 0 unspecified atom stereocenters. The van der Waals surface area contributed by atoms with Crippen LogP contribution in [0, 0.1) is 10.1 Å². The topological polar surface area (TPSA) is 102 Å². The Balaban J connectivity index is 1.90. The molecule has 0 aliphatic carbocycles. The number of benzene rings is 3. The summed E-state index contributed by atoms with van der Waals surface area (Å²) in [5, 5.41) is 11.1. The lowest BCUT2D eigenvalue weighted by Gasteiger charge is -2.22. The second kappa shape index (κ2) is 9.07. The van der Waals surface area contributed by atoms with E-state index in [9.17, 15) is 19.7 Å². The Kier molecular flexibility index (Phi) is 6.01. The van der Waals surface area contributed by atoms with Gasteiger partial charge < -0.3 is 14.4 Å². The van der Waals surface area contributed by atoms with Crippen LogP contribution in [0.2, 0.25) is 0 Å². The number of hydrogen-bond acceptors (Lipinski definition) is 7. The molecule has 0 spiro atoms. The fraction of sp³-hybridized carbons (Fsp3) is 0.120. The van der Waals surface area contributed by atoms with Crippen molar-refractivity contribution in [1.82, 2.24) is 0 Å². The van der Waals surface area contributed by atoms with Gasteiger partial charge in [-0.15, -0.1) is 0 Å². The summed E-state index contributed by atoms with van der Waals surface area (Å²) < 4.78 is 10.7. The average molecular weight is 459 g/mol. The van der Waals surface area contributed by atoms with E-state index in [1.54, 1.807) is 30.1 Å². The third-order valence-corrected chi connectivity index (χ3v) is 5.53. The standard InChI is InChI=1S/C25H21N3O6/c1-26(17-7-5-4-6-8-17)23-22(16-9-11-18(12-10-16)28(31)32)24(29)27(25(23)30)20-15-19(33-2)13-14-21(20)34-3/h4-15H,1-3H3. The minimum atomic E-state index is -0.580. The van der Waals surface area contributed by atoms with Crippen molar-refractivity contribution in [1.29, 1.82) is 0 Å². The first-order chi connectivity index (χ1) is 16.4. The molecule has 34 heavy (non-hydrogen) atoms. The van der Waals surface area contributed by atoms with Crippen molar-refractivity contribution >= 4 is 34.4 Å². The lowest BCUT2D eigenvalue weighted by atomic mass is 10.0. The Morgan fingerprint density at radius 3 is 2.15 bits per heavy atom. The Labute approximate surface area is 195 Å². The van der Waals surface area contributed by atoms with E-state index >= 15 is 0 Å². The number of likely N-dealkylation sites (N-methyl/N-ethyl adjacent to an activating group) is 1. The number of rotatable bonds is 7. The van der Waals surface area contributed by atoms with Gasteiger partial charge in [-0.3, -0.25) is 19.7 Å². The number of nitro benzene ring substituents is 1. The van der Waals surface area contributed by atoms with E-state index < -0.39 is 16.7 Å². The molecular formula is C25H21N3O6. The van der Waals surface area contributed by atoms with E-state index in [4.69, 9.17) is 9.47 Å². The van der Waals surface area contributed by atoms with E-state index in [-0.39, 0.29) is 22.6 Å². The minimum Gasteiger partial charge on any atom is -0.497 e. The number of non-ortho nitro benzene ring substituents is 1. The molecule has 9 heteroatoms. The number of methoxy groups -OCH3 is 2. The zero-order valence-corrected chi connectivity index (χ0v) is 18.7. The molecular weight excluding hydrogens is 438 g/mol. The zero-order valence-electron chi connectivity index (χ0n) is 18.7. The summed E-state index contributed by atoms with van der Waals surface area (Å²) in [6.45, 7) is 0. The molecule has 0 radical (unpaired) electrons. The van der Waals surface area contributed by atoms with E-state index in [1.165, 1.54) is 38.5 Å². The third-order valence-electron chi connectivity index (χ3n) is 5.53. The number of carbonyl (C=O) groups is 2. The maximum Gasteiger partial charge on any atom is 0.282 e. The Hall–Kier alpha value is -4.66. The molecule has 2 amide bonds. The molecule has 4 rings (SSSR count). The minimum absolute atomic E-state index is 0.120. The van der Waals surface area contributed by atoms with Crippen LogP contribution in [-0.2, 0) is 9.59 Å². The molecule has 1 aliphatic heterocycles. The van der Waals surface area contributed by atoms with Crippen LogP contribution in [0.25, 0.3) is 5.57 Å². The number of carbonyl (C=O) groups excluding carboxylic acids is 2. The molecule has 172 valence electrons. The van der Waals surface area contributed by atoms with Crippen molar-refractivity contribution in [3.05, 3.63) is 94.2 Å². The van der Waals surface area contributed by atoms with Crippen LogP contribution in [0.3, 0.4) is 0 Å². The molecule has 1 heterocycles. The number of nitrogens with zero attached hydrogens (tertiary/aromatic N) is 3. The van der Waals surface area contributed by atoms with Crippen molar-refractivity contribution in [3.8, 4) is 11.5 Å². The molecule has 0 atom stereocenters. The van der Waals surface area contributed by atoms with Crippen LogP contribution in [0.4, 0.5) is 17.1 Å². The summed E-state index contributed by atoms with van der Waals surface area (Å²) in [6, 6.07) is 19.5. The third kappa shape index (κ3) is 3.83. The smallest absolute Gasteiger partial charge is 0.282 e. The summed E-state index contributed by atoms with van der Waals surface area (Å²) in [5.74, 6) is -0.383. The second-order valence-corrected chi connectivity index (χ2v) is 7.41.